The number of nitrogens with zero attached hydrogens (tertiary/aromatic N) is 2. The molecule has 0 heterocycles. The fraction of sp³-hybridized carbons (Fsp3) is 0.500. The smallest absolute Gasteiger partial charge is 0.303 e. The summed E-state index contributed by atoms with van der Waals surface area (Å²) in [6.07, 6.45) is 0.477. The molecule has 2 amide bonds. The summed E-state index contributed by atoms with van der Waals surface area (Å²) in [6.45, 7) is 4.63. The molecule has 1 rings (SSSR count). The highest BCUT2D eigenvalue weighted by molar-refractivity contribution is 5.94. The second-order valence-electron chi connectivity index (χ2n) is 6.27. The Morgan fingerprint density at radius 2 is 1.62 bits per heavy atom. The van der Waals surface area contributed by atoms with Crippen LogP contribution in [-0.2, 0) is 16.1 Å². The van der Waals surface area contributed by atoms with Crippen molar-refractivity contribution in [2.75, 3.05) is 20.6 Å². The van der Waals surface area contributed by atoms with Gasteiger partial charge >= 0.3 is 5.97 Å². The number of aliphatic carboxylic acids is 1. The van der Waals surface area contributed by atoms with E-state index in [1.54, 1.807) is 31.1 Å². The summed E-state index contributed by atoms with van der Waals surface area (Å²) in [5.41, 5.74) is 1.51. The highest BCUT2D eigenvalue weighted by Crippen LogP contribution is 2.11. The van der Waals surface area contributed by atoms with Crippen molar-refractivity contribution in [1.29, 1.82) is 0 Å². The van der Waals surface area contributed by atoms with Gasteiger partial charge in [-0.05, 0) is 24.1 Å². The van der Waals surface area contributed by atoms with Crippen LogP contribution in [0.1, 0.15) is 42.6 Å². The number of carbonyl (C=O) groups excluding carboxylic acids is 2. The first kappa shape index (κ1) is 19.7. The van der Waals surface area contributed by atoms with E-state index >= 15 is 0 Å². The van der Waals surface area contributed by atoms with Gasteiger partial charge in [0, 0.05) is 45.1 Å². The van der Waals surface area contributed by atoms with Crippen molar-refractivity contribution in [3.8, 4) is 0 Å². The molecule has 0 aromatic heterocycles. The van der Waals surface area contributed by atoms with Crippen molar-refractivity contribution in [3.63, 3.8) is 0 Å². The van der Waals surface area contributed by atoms with Crippen LogP contribution >= 0.6 is 0 Å². The molecule has 1 N–H and O–H groups in total. The van der Waals surface area contributed by atoms with Crippen molar-refractivity contribution >= 4 is 17.8 Å². The second-order valence-corrected chi connectivity index (χ2v) is 6.27. The highest BCUT2D eigenvalue weighted by atomic mass is 16.4. The first-order valence-electron chi connectivity index (χ1n) is 8.03. The molecule has 6 nitrogen and oxygen atoms in total. The summed E-state index contributed by atoms with van der Waals surface area (Å²) >= 11 is 0. The molecule has 0 radical (unpaired) electrons. The zero-order valence-corrected chi connectivity index (χ0v) is 14.8. The van der Waals surface area contributed by atoms with Gasteiger partial charge in [0.25, 0.3) is 5.91 Å². The molecule has 0 saturated carbocycles. The zero-order valence-electron chi connectivity index (χ0n) is 14.8. The van der Waals surface area contributed by atoms with Gasteiger partial charge in [-0.1, -0.05) is 26.0 Å². The van der Waals surface area contributed by atoms with E-state index < -0.39 is 5.97 Å². The van der Waals surface area contributed by atoms with Gasteiger partial charge in [-0.3, -0.25) is 14.4 Å². The van der Waals surface area contributed by atoms with E-state index in [0.717, 1.165) is 5.56 Å². The van der Waals surface area contributed by atoms with Gasteiger partial charge in [-0.15, -0.1) is 0 Å². The molecule has 0 aliphatic heterocycles. The molecular weight excluding hydrogens is 308 g/mol. The molecule has 6 heteroatoms. The number of rotatable bonds is 8. The van der Waals surface area contributed by atoms with Gasteiger partial charge in [0.15, 0.2) is 0 Å². The van der Waals surface area contributed by atoms with Crippen molar-refractivity contribution in [3.05, 3.63) is 35.4 Å². The first-order valence-corrected chi connectivity index (χ1v) is 8.03. The van der Waals surface area contributed by atoms with Crippen LogP contribution in [0.25, 0.3) is 0 Å². The summed E-state index contributed by atoms with van der Waals surface area (Å²) in [7, 11) is 3.42. The van der Waals surface area contributed by atoms with Crippen LogP contribution in [0.2, 0.25) is 0 Å². The van der Waals surface area contributed by atoms with Crippen LogP contribution in [0.15, 0.2) is 24.3 Å². The first-order chi connectivity index (χ1) is 11.2. The van der Waals surface area contributed by atoms with E-state index in [1.807, 2.05) is 26.0 Å². The largest absolute Gasteiger partial charge is 0.481 e. The molecule has 1 aromatic carbocycles. The topological polar surface area (TPSA) is 77.9 Å². The van der Waals surface area contributed by atoms with Gasteiger partial charge in [0.1, 0.15) is 0 Å². The third kappa shape index (κ3) is 6.02. The molecule has 0 fully saturated rings. The standard InChI is InChI=1S/C18H26N2O4/c1-13(2)17(23)20(4)12-14-7-9-15(10-8-14)18(24)19(3)11-5-6-16(21)22/h7-10,13H,5-6,11-12H2,1-4H3,(H,21,22). The lowest BCUT2D eigenvalue weighted by Crippen LogP contribution is -2.30. The normalized spacial score (nSPS) is 10.5. The summed E-state index contributed by atoms with van der Waals surface area (Å²) in [5, 5.41) is 8.63. The fourth-order valence-corrected chi connectivity index (χ4v) is 2.33. The Hall–Kier alpha value is -2.37. The number of hydrogen-bond acceptors (Lipinski definition) is 3. The number of amides is 2. The van der Waals surface area contributed by atoms with E-state index in [4.69, 9.17) is 5.11 Å². The summed E-state index contributed by atoms with van der Waals surface area (Å²) in [6, 6.07) is 7.14. The SMILES string of the molecule is CC(C)C(=O)N(C)Cc1ccc(C(=O)N(C)CCCC(=O)O)cc1. The molecule has 132 valence electrons. The number of hydrogen-bond donors (Lipinski definition) is 1. The average Bonchev–Trinajstić information content (AvgIpc) is 2.53. The molecule has 24 heavy (non-hydrogen) atoms. The Balaban J connectivity index is 2.61. The molecule has 0 saturated heterocycles. The van der Waals surface area contributed by atoms with E-state index in [2.05, 4.69) is 0 Å². The van der Waals surface area contributed by atoms with Crippen LogP contribution in [-0.4, -0.2) is 53.3 Å². The van der Waals surface area contributed by atoms with Crippen LogP contribution in [0.5, 0.6) is 0 Å². The lowest BCUT2D eigenvalue weighted by Gasteiger charge is -2.20. The Labute approximate surface area is 143 Å². The maximum Gasteiger partial charge on any atom is 0.303 e. The third-order valence-corrected chi connectivity index (χ3v) is 3.72. The maximum atomic E-state index is 12.3. The highest BCUT2D eigenvalue weighted by Gasteiger charge is 2.14. The number of carbonyl (C=O) groups is 3. The van der Waals surface area contributed by atoms with Gasteiger partial charge in [-0.2, -0.15) is 0 Å². The van der Waals surface area contributed by atoms with Crippen LogP contribution in [0, 0.1) is 5.92 Å². The van der Waals surface area contributed by atoms with Gasteiger partial charge < -0.3 is 14.9 Å². The van der Waals surface area contributed by atoms with Crippen LogP contribution in [0.3, 0.4) is 0 Å². The molecular formula is C18H26N2O4. The van der Waals surface area contributed by atoms with Crippen LogP contribution in [0.4, 0.5) is 0 Å². The lowest BCUT2D eigenvalue weighted by atomic mass is 10.1. The Bertz CT molecular complexity index is 581. The predicted molar refractivity (Wildman–Crippen MR) is 91.6 cm³/mol. The minimum atomic E-state index is -0.861. The summed E-state index contributed by atoms with van der Waals surface area (Å²) in [4.78, 5) is 37.8. The van der Waals surface area contributed by atoms with Gasteiger partial charge in [0.2, 0.25) is 5.91 Å². The van der Waals surface area contributed by atoms with E-state index in [0.29, 0.717) is 25.1 Å². The molecule has 0 spiro atoms. The van der Waals surface area contributed by atoms with Crippen molar-refractivity contribution < 1.29 is 19.5 Å². The number of carboxylic acid groups (broad SMARTS) is 1. The van der Waals surface area contributed by atoms with Crippen molar-refractivity contribution in [1.82, 2.24) is 9.80 Å². The number of benzene rings is 1. The van der Waals surface area contributed by atoms with E-state index in [1.165, 1.54) is 4.90 Å². The summed E-state index contributed by atoms with van der Waals surface area (Å²) < 4.78 is 0. The second kappa shape index (κ2) is 9.05. The number of carboxylic acids is 1. The molecule has 0 aliphatic carbocycles. The summed E-state index contributed by atoms with van der Waals surface area (Å²) in [5.74, 6) is -0.970. The fourth-order valence-electron chi connectivity index (χ4n) is 2.33. The molecule has 0 unspecified atom stereocenters. The Morgan fingerprint density at radius 1 is 1.04 bits per heavy atom. The Morgan fingerprint density at radius 3 is 2.12 bits per heavy atom. The minimum absolute atomic E-state index is 0.0460. The van der Waals surface area contributed by atoms with Crippen molar-refractivity contribution in [2.24, 2.45) is 5.92 Å². The lowest BCUT2D eigenvalue weighted by molar-refractivity contribution is -0.137. The Kier molecular flexibility index (Phi) is 7.42. The zero-order chi connectivity index (χ0) is 18.3. The molecule has 1 aromatic rings. The predicted octanol–water partition coefficient (Wildman–Crippen LogP) is 2.24. The average molecular weight is 334 g/mol. The molecule has 0 aliphatic rings. The maximum absolute atomic E-state index is 12.3. The minimum Gasteiger partial charge on any atom is -0.481 e. The molecule has 0 atom stereocenters. The van der Waals surface area contributed by atoms with Gasteiger partial charge in [-0.25, -0.2) is 0 Å². The van der Waals surface area contributed by atoms with Gasteiger partial charge in [0.05, 0.1) is 0 Å². The third-order valence-electron chi connectivity index (χ3n) is 3.72. The van der Waals surface area contributed by atoms with E-state index in [-0.39, 0.29) is 24.2 Å². The van der Waals surface area contributed by atoms with Crippen LogP contribution < -0.4 is 0 Å². The molecule has 0 bridgehead atoms. The monoisotopic (exact) mass is 334 g/mol. The quantitative estimate of drug-likeness (QED) is 0.791. The van der Waals surface area contributed by atoms with Crippen molar-refractivity contribution in [2.45, 2.75) is 33.2 Å². The van der Waals surface area contributed by atoms with E-state index in [9.17, 15) is 14.4 Å².